The highest BCUT2D eigenvalue weighted by molar-refractivity contribution is 7.90. The van der Waals surface area contributed by atoms with Gasteiger partial charge >= 0.3 is 0 Å². The van der Waals surface area contributed by atoms with E-state index < -0.39 is 10.0 Å². The number of methoxy groups -OCH3 is 2. The van der Waals surface area contributed by atoms with E-state index in [4.69, 9.17) is 9.47 Å². The number of fused-ring (bicyclic) bond motifs is 1. The highest BCUT2D eigenvalue weighted by Crippen LogP contribution is 2.32. The van der Waals surface area contributed by atoms with Crippen LogP contribution in [0.15, 0.2) is 53.6 Å². The zero-order valence-corrected chi connectivity index (χ0v) is 16.8. The van der Waals surface area contributed by atoms with Crippen LogP contribution in [0.1, 0.15) is 18.4 Å². The molecular formula is C21H24N2O4S. The van der Waals surface area contributed by atoms with Crippen LogP contribution in [-0.2, 0) is 16.4 Å². The summed E-state index contributed by atoms with van der Waals surface area (Å²) in [6.07, 6.45) is 4.85. The fourth-order valence-corrected chi connectivity index (χ4v) is 5.27. The molecule has 4 rings (SSSR count). The summed E-state index contributed by atoms with van der Waals surface area (Å²) in [7, 11) is -0.761. The van der Waals surface area contributed by atoms with E-state index >= 15 is 0 Å². The molecule has 1 N–H and O–H groups in total. The van der Waals surface area contributed by atoms with Gasteiger partial charge in [-0.1, -0.05) is 18.2 Å². The minimum Gasteiger partial charge on any atom is -0.493 e. The predicted molar refractivity (Wildman–Crippen MR) is 109 cm³/mol. The van der Waals surface area contributed by atoms with Crippen LogP contribution in [0.5, 0.6) is 11.5 Å². The Morgan fingerprint density at radius 1 is 1.11 bits per heavy atom. The molecule has 0 saturated carbocycles. The summed E-state index contributed by atoms with van der Waals surface area (Å²) in [5, 5.41) is 4.46. The lowest BCUT2D eigenvalue weighted by molar-refractivity contribution is 0.354. The summed E-state index contributed by atoms with van der Waals surface area (Å²) in [5.41, 5.74) is 1.73. The van der Waals surface area contributed by atoms with E-state index in [0.29, 0.717) is 23.1 Å². The van der Waals surface area contributed by atoms with Gasteiger partial charge in [-0.15, -0.1) is 0 Å². The summed E-state index contributed by atoms with van der Waals surface area (Å²) in [6, 6.07) is 12.7. The summed E-state index contributed by atoms with van der Waals surface area (Å²) in [5.74, 6) is 0.877. The Kier molecular flexibility index (Phi) is 5.03. The van der Waals surface area contributed by atoms with Crippen molar-refractivity contribution in [2.45, 2.75) is 30.2 Å². The van der Waals surface area contributed by atoms with Crippen molar-refractivity contribution < 1.29 is 17.9 Å². The third-order valence-electron chi connectivity index (χ3n) is 5.30. The molecule has 1 saturated heterocycles. The summed E-state index contributed by atoms with van der Waals surface area (Å²) in [4.78, 5) is 0.163. The van der Waals surface area contributed by atoms with Crippen LogP contribution >= 0.6 is 0 Å². The molecule has 1 aliphatic rings. The maximum atomic E-state index is 13.4. The number of rotatable bonds is 6. The van der Waals surface area contributed by atoms with Gasteiger partial charge in [0.25, 0.3) is 10.0 Å². The van der Waals surface area contributed by atoms with Crippen LogP contribution in [0.4, 0.5) is 0 Å². The summed E-state index contributed by atoms with van der Waals surface area (Å²) < 4.78 is 38.7. The Bertz CT molecular complexity index is 1100. The van der Waals surface area contributed by atoms with E-state index in [9.17, 15) is 8.42 Å². The average molecular weight is 401 g/mol. The van der Waals surface area contributed by atoms with Crippen LogP contribution in [-0.4, -0.2) is 39.2 Å². The van der Waals surface area contributed by atoms with Crippen molar-refractivity contribution in [2.24, 2.45) is 0 Å². The molecule has 6 nitrogen and oxygen atoms in total. The van der Waals surface area contributed by atoms with Crippen molar-refractivity contribution in [3.63, 3.8) is 0 Å². The largest absolute Gasteiger partial charge is 0.493 e. The molecule has 7 heteroatoms. The second kappa shape index (κ2) is 7.48. The monoisotopic (exact) mass is 400 g/mol. The van der Waals surface area contributed by atoms with E-state index in [1.165, 1.54) is 24.3 Å². The SMILES string of the molecule is COc1ccc(S(=O)(=O)n2cc(C[C@@H]3CCCN3)c3ccccc32)cc1OC. The minimum atomic E-state index is -3.78. The van der Waals surface area contributed by atoms with E-state index in [0.717, 1.165) is 36.8 Å². The molecule has 1 aliphatic heterocycles. The van der Waals surface area contributed by atoms with Gasteiger partial charge in [-0.25, -0.2) is 12.4 Å². The van der Waals surface area contributed by atoms with Gasteiger partial charge < -0.3 is 14.8 Å². The topological polar surface area (TPSA) is 69.6 Å². The first kappa shape index (κ1) is 18.8. The van der Waals surface area contributed by atoms with Gasteiger partial charge in [-0.3, -0.25) is 0 Å². The minimum absolute atomic E-state index is 0.163. The third-order valence-corrected chi connectivity index (χ3v) is 6.97. The normalized spacial score (nSPS) is 17.1. The van der Waals surface area contributed by atoms with Gasteiger partial charge in [0.1, 0.15) is 0 Å². The van der Waals surface area contributed by atoms with E-state index in [2.05, 4.69) is 5.32 Å². The van der Waals surface area contributed by atoms with Crippen LogP contribution in [0, 0.1) is 0 Å². The molecule has 0 bridgehead atoms. The van der Waals surface area contributed by atoms with Gasteiger partial charge in [0.2, 0.25) is 0 Å². The van der Waals surface area contributed by atoms with Crippen LogP contribution in [0.25, 0.3) is 10.9 Å². The number of hydrogen-bond donors (Lipinski definition) is 1. The molecule has 1 aromatic heterocycles. The first-order valence-corrected chi connectivity index (χ1v) is 10.8. The van der Waals surface area contributed by atoms with Crippen molar-refractivity contribution in [3.05, 3.63) is 54.2 Å². The molecule has 2 heterocycles. The first-order chi connectivity index (χ1) is 13.5. The number of nitrogens with zero attached hydrogens (tertiary/aromatic N) is 1. The molecule has 0 radical (unpaired) electrons. The number of para-hydroxylation sites is 1. The number of aromatic nitrogens is 1. The van der Waals surface area contributed by atoms with Crippen molar-refractivity contribution in [1.82, 2.24) is 9.29 Å². The summed E-state index contributed by atoms with van der Waals surface area (Å²) in [6.45, 7) is 1.02. The zero-order chi connectivity index (χ0) is 19.7. The number of ether oxygens (including phenoxy) is 2. The van der Waals surface area contributed by atoms with E-state index in [1.807, 2.05) is 24.3 Å². The van der Waals surface area contributed by atoms with Crippen LogP contribution in [0.3, 0.4) is 0 Å². The second-order valence-electron chi connectivity index (χ2n) is 6.99. The molecule has 1 atom stereocenters. The maximum Gasteiger partial charge on any atom is 0.268 e. The molecule has 1 fully saturated rings. The lowest BCUT2D eigenvalue weighted by atomic mass is 10.0. The van der Waals surface area contributed by atoms with Crippen molar-refractivity contribution in [2.75, 3.05) is 20.8 Å². The standard InChI is InChI=1S/C21H24N2O4S/c1-26-20-10-9-17(13-21(20)27-2)28(24,25)23-14-15(12-16-6-5-11-22-16)18-7-3-4-8-19(18)23/h3-4,7-10,13-14,16,22H,5-6,11-12H2,1-2H3/t16-/m0/s1. The number of hydrogen-bond acceptors (Lipinski definition) is 5. The third kappa shape index (κ3) is 3.25. The van der Waals surface area contributed by atoms with E-state index in [1.54, 1.807) is 18.3 Å². The molecule has 0 unspecified atom stereocenters. The fourth-order valence-electron chi connectivity index (χ4n) is 3.87. The molecule has 148 valence electrons. The Hall–Kier alpha value is -2.51. The molecule has 0 aliphatic carbocycles. The quantitative estimate of drug-likeness (QED) is 0.688. The number of benzene rings is 2. The second-order valence-corrected chi connectivity index (χ2v) is 8.80. The molecule has 3 aromatic rings. The summed E-state index contributed by atoms with van der Waals surface area (Å²) >= 11 is 0. The molecule has 2 aromatic carbocycles. The first-order valence-electron chi connectivity index (χ1n) is 9.34. The molecule has 28 heavy (non-hydrogen) atoms. The lowest BCUT2D eigenvalue weighted by Gasteiger charge is -2.11. The van der Waals surface area contributed by atoms with Gasteiger partial charge in [0.15, 0.2) is 11.5 Å². The van der Waals surface area contributed by atoms with Gasteiger partial charge in [0.05, 0.1) is 24.6 Å². The Morgan fingerprint density at radius 3 is 2.61 bits per heavy atom. The number of nitrogens with one attached hydrogen (secondary N) is 1. The van der Waals surface area contributed by atoms with Gasteiger partial charge in [0, 0.05) is 23.7 Å². The highest BCUT2D eigenvalue weighted by Gasteiger charge is 2.24. The maximum absolute atomic E-state index is 13.4. The van der Waals surface area contributed by atoms with E-state index in [-0.39, 0.29) is 4.90 Å². The van der Waals surface area contributed by atoms with Crippen LogP contribution < -0.4 is 14.8 Å². The van der Waals surface area contributed by atoms with Crippen molar-refractivity contribution in [3.8, 4) is 11.5 Å². The lowest BCUT2D eigenvalue weighted by Crippen LogP contribution is -2.23. The smallest absolute Gasteiger partial charge is 0.268 e. The van der Waals surface area contributed by atoms with Crippen molar-refractivity contribution >= 4 is 20.9 Å². The van der Waals surface area contributed by atoms with Crippen LogP contribution in [0.2, 0.25) is 0 Å². The predicted octanol–water partition coefficient (Wildman–Crippen LogP) is 3.19. The molecule has 0 amide bonds. The van der Waals surface area contributed by atoms with Gasteiger partial charge in [-0.2, -0.15) is 0 Å². The molecular weight excluding hydrogens is 376 g/mol. The zero-order valence-electron chi connectivity index (χ0n) is 16.0. The Morgan fingerprint density at radius 2 is 1.89 bits per heavy atom. The Balaban J connectivity index is 1.81. The Labute approximate surface area is 165 Å². The fraction of sp³-hybridized carbons (Fsp3) is 0.333. The van der Waals surface area contributed by atoms with Crippen molar-refractivity contribution in [1.29, 1.82) is 0 Å². The van der Waals surface area contributed by atoms with Gasteiger partial charge in [-0.05, 0) is 49.6 Å². The molecule has 0 spiro atoms. The average Bonchev–Trinajstić information content (AvgIpc) is 3.36. The highest BCUT2D eigenvalue weighted by atomic mass is 32.2.